The van der Waals surface area contributed by atoms with Crippen molar-refractivity contribution in [2.24, 2.45) is 0 Å². The van der Waals surface area contributed by atoms with Crippen LogP contribution in [0.25, 0.3) is 0 Å². The number of nitrogens with zero attached hydrogens (tertiary/aromatic N) is 2. The number of benzene rings is 1. The maximum atomic E-state index is 13.3. The van der Waals surface area contributed by atoms with Gasteiger partial charge in [0.2, 0.25) is 5.91 Å². The van der Waals surface area contributed by atoms with Crippen LogP contribution in [0.4, 0.5) is 4.79 Å². The molecule has 1 aliphatic carbocycles. The summed E-state index contributed by atoms with van der Waals surface area (Å²) in [4.78, 5) is 42.0. The Morgan fingerprint density at radius 2 is 2.00 bits per heavy atom. The van der Waals surface area contributed by atoms with Gasteiger partial charge in [-0.1, -0.05) is 18.2 Å². The second-order valence-corrected chi connectivity index (χ2v) is 9.00. The van der Waals surface area contributed by atoms with Crippen molar-refractivity contribution >= 4 is 17.8 Å². The molecule has 34 heavy (non-hydrogen) atoms. The maximum Gasteiger partial charge on any atom is 0.325 e. The topological polar surface area (TPSA) is 92.1 Å². The van der Waals surface area contributed by atoms with Gasteiger partial charge in [-0.3, -0.25) is 14.5 Å². The standard InChI is InChI=1S/C26H31N3O5/c1-26(15-14-19-10-12-21(33-2)13-11-19)24(31)29(25(32)27-26)18-23(30)28(17-22-9-6-16-34-22)20-7-4-3-5-8-20/h6-7,9-13,16H,3-5,8,14-15,17-18H2,1-2H3,(H,27,32)/t26-/m1/s1. The Labute approximate surface area is 199 Å². The molecule has 8 nitrogen and oxygen atoms in total. The number of aryl methyl sites for hydroxylation is 1. The van der Waals surface area contributed by atoms with Gasteiger partial charge in [0.15, 0.2) is 0 Å². The van der Waals surface area contributed by atoms with E-state index in [4.69, 9.17) is 9.15 Å². The van der Waals surface area contributed by atoms with Gasteiger partial charge in [-0.15, -0.1) is 0 Å². The van der Waals surface area contributed by atoms with Gasteiger partial charge in [-0.2, -0.15) is 0 Å². The van der Waals surface area contributed by atoms with E-state index in [0.29, 0.717) is 18.6 Å². The molecular weight excluding hydrogens is 434 g/mol. The first-order valence-electron chi connectivity index (χ1n) is 11.7. The Morgan fingerprint density at radius 3 is 2.65 bits per heavy atom. The van der Waals surface area contributed by atoms with Gasteiger partial charge in [0.25, 0.3) is 5.91 Å². The lowest BCUT2D eigenvalue weighted by molar-refractivity contribution is -0.138. The summed E-state index contributed by atoms with van der Waals surface area (Å²) in [6, 6.07) is 10.7. The van der Waals surface area contributed by atoms with Gasteiger partial charge in [0.05, 0.1) is 19.9 Å². The van der Waals surface area contributed by atoms with Crippen molar-refractivity contribution in [1.82, 2.24) is 15.1 Å². The Hall–Kier alpha value is -3.55. The lowest BCUT2D eigenvalue weighted by Crippen LogP contribution is -2.46. The molecule has 1 fully saturated rings. The van der Waals surface area contributed by atoms with E-state index in [1.54, 1.807) is 31.3 Å². The summed E-state index contributed by atoms with van der Waals surface area (Å²) in [5.74, 6) is 0.737. The van der Waals surface area contributed by atoms with E-state index in [9.17, 15) is 14.4 Å². The summed E-state index contributed by atoms with van der Waals surface area (Å²) >= 11 is 0. The number of ether oxygens (including phenoxy) is 1. The summed E-state index contributed by atoms with van der Waals surface area (Å²) in [5.41, 5.74) is 0.891. The van der Waals surface area contributed by atoms with Gasteiger partial charge in [-0.05, 0) is 75.3 Å². The van der Waals surface area contributed by atoms with Crippen molar-refractivity contribution < 1.29 is 23.5 Å². The zero-order valence-corrected chi connectivity index (χ0v) is 19.7. The minimum absolute atomic E-state index is 0.274. The number of imide groups is 1. The molecule has 1 N–H and O–H groups in total. The number of furan rings is 1. The van der Waals surface area contributed by atoms with Crippen LogP contribution in [-0.4, -0.2) is 46.8 Å². The van der Waals surface area contributed by atoms with Crippen LogP contribution in [0.2, 0.25) is 0 Å². The monoisotopic (exact) mass is 465 g/mol. The predicted octanol–water partition coefficient (Wildman–Crippen LogP) is 4.02. The minimum atomic E-state index is -1.06. The number of carbonyl (C=O) groups excluding carboxylic acids is 3. The molecule has 1 saturated heterocycles. The first kappa shape index (κ1) is 23.6. The SMILES string of the molecule is COc1ccc(CC[C@@]2(C)NC(=O)N(CC(=O)N(Cc3ccco3)C3=CCCCC3)C2=O)cc1. The van der Waals surface area contributed by atoms with Crippen LogP contribution in [0.15, 0.2) is 58.9 Å². The number of rotatable bonds is 9. The predicted molar refractivity (Wildman–Crippen MR) is 126 cm³/mol. The third-order valence-corrected chi connectivity index (χ3v) is 6.52. The molecule has 2 aromatic rings. The number of hydrogen-bond donors (Lipinski definition) is 1. The normalized spacial score (nSPS) is 20.2. The average molecular weight is 466 g/mol. The molecule has 2 heterocycles. The first-order valence-corrected chi connectivity index (χ1v) is 11.7. The van der Waals surface area contributed by atoms with Gasteiger partial charge >= 0.3 is 6.03 Å². The van der Waals surface area contributed by atoms with Gasteiger partial charge in [0, 0.05) is 5.70 Å². The summed E-state index contributed by atoms with van der Waals surface area (Å²) in [5, 5.41) is 2.80. The van der Waals surface area contributed by atoms with Crippen LogP contribution in [0, 0.1) is 0 Å². The van der Waals surface area contributed by atoms with Crippen molar-refractivity contribution in [3.8, 4) is 5.75 Å². The van der Waals surface area contributed by atoms with Crippen LogP contribution in [0.1, 0.15) is 50.4 Å². The Balaban J connectivity index is 1.44. The number of allylic oxidation sites excluding steroid dienone is 2. The first-order chi connectivity index (χ1) is 16.4. The smallest absolute Gasteiger partial charge is 0.325 e. The van der Waals surface area contributed by atoms with Crippen molar-refractivity contribution in [3.05, 3.63) is 65.8 Å². The molecular formula is C26H31N3O5. The van der Waals surface area contributed by atoms with Crippen LogP contribution < -0.4 is 10.1 Å². The highest BCUT2D eigenvalue weighted by Gasteiger charge is 2.48. The van der Waals surface area contributed by atoms with E-state index in [0.717, 1.165) is 47.6 Å². The molecule has 0 saturated carbocycles. The van der Waals surface area contributed by atoms with E-state index in [-0.39, 0.29) is 24.9 Å². The van der Waals surface area contributed by atoms with E-state index in [1.165, 1.54) is 0 Å². The van der Waals surface area contributed by atoms with Crippen LogP contribution in [-0.2, 0) is 22.6 Å². The molecule has 4 amide bonds. The van der Waals surface area contributed by atoms with Gasteiger partial charge in [-0.25, -0.2) is 4.79 Å². The van der Waals surface area contributed by atoms with E-state index < -0.39 is 11.6 Å². The number of hydrogen-bond acceptors (Lipinski definition) is 5. The number of carbonyl (C=O) groups is 3. The molecule has 4 rings (SSSR count). The van der Waals surface area contributed by atoms with Crippen molar-refractivity contribution in [3.63, 3.8) is 0 Å². The molecule has 0 unspecified atom stereocenters. The highest BCUT2D eigenvalue weighted by atomic mass is 16.5. The number of urea groups is 1. The summed E-state index contributed by atoms with van der Waals surface area (Å²) in [6.07, 6.45) is 8.44. The Bertz CT molecular complexity index is 1060. The fourth-order valence-electron chi connectivity index (χ4n) is 4.44. The molecule has 0 radical (unpaired) electrons. The molecule has 1 atom stereocenters. The summed E-state index contributed by atoms with van der Waals surface area (Å²) < 4.78 is 10.6. The van der Waals surface area contributed by atoms with E-state index in [1.807, 2.05) is 30.3 Å². The molecule has 1 aromatic heterocycles. The maximum absolute atomic E-state index is 13.3. The molecule has 1 aliphatic heterocycles. The van der Waals surface area contributed by atoms with Crippen molar-refractivity contribution in [1.29, 1.82) is 0 Å². The third-order valence-electron chi connectivity index (χ3n) is 6.52. The number of amides is 4. The summed E-state index contributed by atoms with van der Waals surface area (Å²) in [7, 11) is 1.61. The second kappa shape index (κ2) is 10.2. The Morgan fingerprint density at radius 1 is 1.21 bits per heavy atom. The lowest BCUT2D eigenvalue weighted by atomic mass is 9.93. The van der Waals surface area contributed by atoms with Gasteiger partial charge < -0.3 is 19.4 Å². The quantitative estimate of drug-likeness (QED) is 0.565. The van der Waals surface area contributed by atoms with Crippen molar-refractivity contribution in [2.45, 2.75) is 57.5 Å². The third kappa shape index (κ3) is 5.16. The lowest BCUT2D eigenvalue weighted by Gasteiger charge is -2.28. The average Bonchev–Trinajstić information content (AvgIpc) is 3.44. The molecule has 1 aromatic carbocycles. The zero-order valence-electron chi connectivity index (χ0n) is 19.7. The largest absolute Gasteiger partial charge is 0.497 e. The number of methoxy groups -OCH3 is 1. The Kier molecular flexibility index (Phi) is 7.05. The highest BCUT2D eigenvalue weighted by Crippen LogP contribution is 2.26. The van der Waals surface area contributed by atoms with Gasteiger partial charge in [0.1, 0.15) is 23.6 Å². The second-order valence-electron chi connectivity index (χ2n) is 9.00. The fraction of sp³-hybridized carbons (Fsp3) is 0.423. The molecule has 8 heteroatoms. The van der Waals surface area contributed by atoms with Crippen LogP contribution >= 0.6 is 0 Å². The fourth-order valence-corrected chi connectivity index (χ4v) is 4.44. The highest BCUT2D eigenvalue weighted by molar-refractivity contribution is 6.08. The zero-order chi connectivity index (χ0) is 24.1. The van der Waals surface area contributed by atoms with E-state index in [2.05, 4.69) is 11.4 Å². The molecule has 0 bridgehead atoms. The summed E-state index contributed by atoms with van der Waals surface area (Å²) in [6.45, 7) is 1.68. The van der Waals surface area contributed by atoms with Crippen LogP contribution in [0.5, 0.6) is 5.75 Å². The van der Waals surface area contributed by atoms with Crippen LogP contribution in [0.3, 0.4) is 0 Å². The molecule has 2 aliphatic rings. The van der Waals surface area contributed by atoms with Crippen molar-refractivity contribution in [2.75, 3.05) is 13.7 Å². The van der Waals surface area contributed by atoms with E-state index >= 15 is 0 Å². The molecule has 180 valence electrons. The number of nitrogens with one attached hydrogen (secondary N) is 1. The minimum Gasteiger partial charge on any atom is -0.497 e. The molecule has 0 spiro atoms.